The monoisotopic (exact) mass is 235 g/mol. The molecule has 17 heavy (non-hydrogen) atoms. The second-order valence-electron chi connectivity index (χ2n) is 4.49. The van der Waals surface area contributed by atoms with Gasteiger partial charge in [-0.1, -0.05) is 0 Å². The van der Waals surface area contributed by atoms with Crippen LogP contribution in [0.3, 0.4) is 0 Å². The highest BCUT2D eigenvalue weighted by molar-refractivity contribution is 5.44. The Kier molecular flexibility index (Phi) is 3.84. The van der Waals surface area contributed by atoms with Crippen molar-refractivity contribution in [3.05, 3.63) is 17.8 Å². The Labute approximate surface area is 103 Å². The van der Waals surface area contributed by atoms with Gasteiger partial charge in [0.25, 0.3) is 0 Å². The molecule has 1 N–H and O–H groups in total. The number of anilines is 1. The van der Waals surface area contributed by atoms with Crippen molar-refractivity contribution in [2.45, 2.75) is 26.8 Å². The number of nitrogens with one attached hydrogen (secondary N) is 1. The first-order valence-corrected chi connectivity index (χ1v) is 6.29. The summed E-state index contributed by atoms with van der Waals surface area (Å²) in [6.07, 6.45) is 0. The van der Waals surface area contributed by atoms with E-state index in [1.54, 1.807) is 0 Å². The lowest BCUT2D eigenvalue weighted by Crippen LogP contribution is -2.49. The van der Waals surface area contributed by atoms with Crippen LogP contribution in [0.2, 0.25) is 0 Å². The molecule has 1 atom stereocenters. The molecule has 2 rings (SSSR count). The topological polar surface area (TPSA) is 37.4 Å². The summed E-state index contributed by atoms with van der Waals surface area (Å²) in [5, 5.41) is 3.43. The van der Waals surface area contributed by atoms with Crippen LogP contribution in [0.1, 0.15) is 19.5 Å². The Balaban J connectivity index is 2.13. The molecule has 1 aromatic rings. The maximum Gasteiger partial charge on any atom is 0.140 e. The van der Waals surface area contributed by atoms with Gasteiger partial charge in [0.2, 0.25) is 0 Å². The summed E-state index contributed by atoms with van der Waals surface area (Å²) in [4.78, 5) is 6.95. The van der Waals surface area contributed by atoms with Gasteiger partial charge in [0.1, 0.15) is 11.6 Å². The van der Waals surface area contributed by atoms with Crippen molar-refractivity contribution < 1.29 is 4.74 Å². The van der Waals surface area contributed by atoms with E-state index in [0.29, 0.717) is 12.6 Å². The largest absolute Gasteiger partial charge is 0.492 e. The maximum atomic E-state index is 5.51. The molecule has 2 heterocycles. The molecule has 0 radical (unpaired) electrons. The fourth-order valence-corrected chi connectivity index (χ4v) is 2.16. The number of hydrogen-bond donors (Lipinski definition) is 1. The number of hydrogen-bond acceptors (Lipinski definition) is 4. The predicted molar refractivity (Wildman–Crippen MR) is 69.8 cm³/mol. The number of nitrogens with zero attached hydrogens (tertiary/aromatic N) is 2. The van der Waals surface area contributed by atoms with Crippen molar-refractivity contribution >= 4 is 5.82 Å². The molecule has 94 valence electrons. The molecule has 0 aromatic carbocycles. The molecule has 1 aliphatic heterocycles. The summed E-state index contributed by atoms with van der Waals surface area (Å²) < 4.78 is 5.51. The summed E-state index contributed by atoms with van der Waals surface area (Å²) >= 11 is 0. The quantitative estimate of drug-likeness (QED) is 0.863. The van der Waals surface area contributed by atoms with Crippen molar-refractivity contribution in [2.75, 3.05) is 31.1 Å². The maximum absolute atomic E-state index is 5.51. The highest BCUT2D eigenvalue weighted by Gasteiger charge is 2.17. The van der Waals surface area contributed by atoms with Crippen LogP contribution < -0.4 is 15.0 Å². The average molecular weight is 235 g/mol. The van der Waals surface area contributed by atoms with Gasteiger partial charge in [-0.25, -0.2) is 4.98 Å². The summed E-state index contributed by atoms with van der Waals surface area (Å²) in [5.41, 5.74) is 0.968. The van der Waals surface area contributed by atoms with Gasteiger partial charge in [0, 0.05) is 25.7 Å². The van der Waals surface area contributed by atoms with E-state index in [1.807, 2.05) is 19.9 Å². The number of piperazine rings is 1. The lowest BCUT2D eigenvalue weighted by Gasteiger charge is -2.33. The molecule has 0 saturated carbocycles. The number of aromatic nitrogens is 1. The van der Waals surface area contributed by atoms with Crippen LogP contribution in [0, 0.1) is 6.92 Å². The first-order valence-electron chi connectivity index (χ1n) is 6.29. The van der Waals surface area contributed by atoms with Crippen molar-refractivity contribution in [3.8, 4) is 5.75 Å². The van der Waals surface area contributed by atoms with Crippen LogP contribution in [-0.2, 0) is 0 Å². The van der Waals surface area contributed by atoms with Gasteiger partial charge in [-0.3, -0.25) is 0 Å². The minimum absolute atomic E-state index is 0.525. The molecule has 1 fully saturated rings. The summed E-state index contributed by atoms with van der Waals surface area (Å²) in [5.74, 6) is 1.94. The van der Waals surface area contributed by atoms with E-state index in [9.17, 15) is 0 Å². The molecule has 1 aliphatic rings. The summed E-state index contributed by atoms with van der Waals surface area (Å²) in [7, 11) is 0. The van der Waals surface area contributed by atoms with Gasteiger partial charge in [-0.05, 0) is 32.9 Å². The highest BCUT2D eigenvalue weighted by Crippen LogP contribution is 2.21. The summed E-state index contributed by atoms with van der Waals surface area (Å²) in [6, 6.07) is 4.60. The van der Waals surface area contributed by atoms with Gasteiger partial charge in [0.15, 0.2) is 0 Å². The third-order valence-corrected chi connectivity index (χ3v) is 3.02. The summed E-state index contributed by atoms with van der Waals surface area (Å²) in [6.45, 7) is 9.94. The first kappa shape index (κ1) is 12.2. The smallest absolute Gasteiger partial charge is 0.140 e. The van der Waals surface area contributed by atoms with Crippen LogP contribution in [0.4, 0.5) is 5.82 Å². The fraction of sp³-hybridized carbons (Fsp3) is 0.615. The Morgan fingerprint density at radius 2 is 2.35 bits per heavy atom. The molecule has 0 amide bonds. The Morgan fingerprint density at radius 1 is 1.53 bits per heavy atom. The van der Waals surface area contributed by atoms with E-state index >= 15 is 0 Å². The molecule has 4 heteroatoms. The van der Waals surface area contributed by atoms with Crippen LogP contribution in [0.15, 0.2) is 12.1 Å². The van der Waals surface area contributed by atoms with Crippen molar-refractivity contribution in [1.82, 2.24) is 10.3 Å². The number of aryl methyl sites for hydroxylation is 1. The van der Waals surface area contributed by atoms with Crippen LogP contribution in [0.25, 0.3) is 0 Å². The molecule has 0 bridgehead atoms. The second-order valence-corrected chi connectivity index (χ2v) is 4.49. The van der Waals surface area contributed by atoms with Gasteiger partial charge in [0.05, 0.1) is 12.3 Å². The zero-order valence-corrected chi connectivity index (χ0v) is 10.9. The zero-order chi connectivity index (χ0) is 12.3. The van der Waals surface area contributed by atoms with E-state index in [-0.39, 0.29) is 0 Å². The molecule has 1 aromatic heterocycles. The normalized spacial score (nSPS) is 20.4. The average Bonchev–Trinajstić information content (AvgIpc) is 2.32. The predicted octanol–water partition coefficient (Wildman–Crippen LogP) is 1.59. The number of pyridine rings is 1. The van der Waals surface area contributed by atoms with Crippen molar-refractivity contribution in [2.24, 2.45) is 0 Å². The van der Waals surface area contributed by atoms with E-state index in [2.05, 4.69) is 28.2 Å². The second kappa shape index (κ2) is 5.36. The molecule has 0 spiro atoms. The lowest BCUT2D eigenvalue weighted by molar-refractivity contribution is 0.336. The molecule has 0 aliphatic carbocycles. The number of ether oxygens (including phenoxy) is 1. The molecular weight excluding hydrogens is 214 g/mol. The van der Waals surface area contributed by atoms with Crippen molar-refractivity contribution in [1.29, 1.82) is 0 Å². The third kappa shape index (κ3) is 2.88. The Morgan fingerprint density at radius 3 is 3.00 bits per heavy atom. The molecule has 4 nitrogen and oxygen atoms in total. The minimum atomic E-state index is 0.525. The van der Waals surface area contributed by atoms with Crippen LogP contribution in [-0.4, -0.2) is 37.3 Å². The van der Waals surface area contributed by atoms with Crippen molar-refractivity contribution in [3.63, 3.8) is 0 Å². The van der Waals surface area contributed by atoms with E-state index in [0.717, 1.165) is 36.9 Å². The molecule has 1 unspecified atom stereocenters. The fourth-order valence-electron chi connectivity index (χ4n) is 2.16. The standard InChI is InChI=1S/C13H21N3O/c1-4-17-12-5-6-13(15-11(12)3)16-8-7-14-10(2)9-16/h5-6,10,14H,4,7-9H2,1-3H3. The minimum Gasteiger partial charge on any atom is -0.492 e. The van der Waals surface area contributed by atoms with E-state index in [1.165, 1.54) is 0 Å². The molecule has 1 saturated heterocycles. The van der Waals surface area contributed by atoms with Crippen LogP contribution in [0.5, 0.6) is 5.75 Å². The molecular formula is C13H21N3O. The third-order valence-electron chi connectivity index (χ3n) is 3.02. The van der Waals surface area contributed by atoms with Gasteiger partial charge in [-0.15, -0.1) is 0 Å². The van der Waals surface area contributed by atoms with Crippen LogP contribution >= 0.6 is 0 Å². The Hall–Kier alpha value is -1.29. The van der Waals surface area contributed by atoms with E-state index in [4.69, 9.17) is 4.74 Å². The van der Waals surface area contributed by atoms with Gasteiger partial charge in [-0.2, -0.15) is 0 Å². The highest BCUT2D eigenvalue weighted by atomic mass is 16.5. The first-order chi connectivity index (χ1) is 8.20. The Bertz CT molecular complexity index is 381. The number of rotatable bonds is 3. The van der Waals surface area contributed by atoms with E-state index < -0.39 is 0 Å². The van der Waals surface area contributed by atoms with Gasteiger partial charge >= 0.3 is 0 Å². The van der Waals surface area contributed by atoms with Gasteiger partial charge < -0.3 is 15.0 Å². The zero-order valence-electron chi connectivity index (χ0n) is 10.9. The SMILES string of the molecule is CCOc1ccc(N2CCNC(C)C2)nc1C. The lowest BCUT2D eigenvalue weighted by atomic mass is 10.2.